The number of carbonyl (C=O) groups is 2. The Hall–Kier alpha value is -2.40. The van der Waals surface area contributed by atoms with Gasteiger partial charge in [-0.05, 0) is 43.7 Å². The molecule has 0 atom stereocenters. The normalized spacial score (nSPS) is 15.0. The van der Waals surface area contributed by atoms with Crippen molar-refractivity contribution in [1.82, 2.24) is 14.8 Å². The van der Waals surface area contributed by atoms with Crippen molar-refractivity contribution in [2.24, 2.45) is 0 Å². The molecule has 1 aliphatic heterocycles. The van der Waals surface area contributed by atoms with Crippen molar-refractivity contribution in [1.29, 1.82) is 0 Å². The number of aryl methyl sites for hydroxylation is 1. The van der Waals surface area contributed by atoms with Gasteiger partial charge >= 0.3 is 0 Å². The summed E-state index contributed by atoms with van der Waals surface area (Å²) < 4.78 is 0. The van der Waals surface area contributed by atoms with Crippen LogP contribution >= 0.6 is 11.6 Å². The van der Waals surface area contributed by atoms with Gasteiger partial charge in [-0.1, -0.05) is 17.7 Å². The van der Waals surface area contributed by atoms with Crippen LogP contribution in [0.25, 0.3) is 0 Å². The van der Waals surface area contributed by atoms with Crippen molar-refractivity contribution in [2.45, 2.75) is 13.3 Å². The van der Waals surface area contributed by atoms with Crippen molar-refractivity contribution < 1.29 is 9.59 Å². The number of nitrogens with zero attached hydrogens (tertiary/aromatic N) is 3. The predicted molar refractivity (Wildman–Crippen MR) is 96.9 cm³/mol. The number of carbonyl (C=O) groups excluding carboxylic acids is 2. The van der Waals surface area contributed by atoms with Gasteiger partial charge in [-0.15, -0.1) is 0 Å². The Morgan fingerprint density at radius 2 is 1.60 bits per heavy atom. The van der Waals surface area contributed by atoms with Crippen molar-refractivity contribution in [3.8, 4) is 0 Å². The third-order valence-electron chi connectivity index (χ3n) is 4.29. The van der Waals surface area contributed by atoms with Gasteiger partial charge in [0.25, 0.3) is 11.8 Å². The maximum Gasteiger partial charge on any atom is 0.254 e. The van der Waals surface area contributed by atoms with E-state index in [1.807, 2.05) is 6.92 Å². The molecule has 0 unspecified atom stereocenters. The lowest BCUT2D eigenvalue weighted by Crippen LogP contribution is -2.37. The highest BCUT2D eigenvalue weighted by molar-refractivity contribution is 6.30. The zero-order chi connectivity index (χ0) is 17.8. The van der Waals surface area contributed by atoms with E-state index in [9.17, 15) is 9.59 Å². The zero-order valence-electron chi connectivity index (χ0n) is 14.1. The van der Waals surface area contributed by atoms with E-state index in [0.717, 1.165) is 12.1 Å². The van der Waals surface area contributed by atoms with E-state index >= 15 is 0 Å². The quantitative estimate of drug-likeness (QED) is 0.830. The number of hydrogen-bond acceptors (Lipinski definition) is 3. The maximum atomic E-state index is 12.7. The van der Waals surface area contributed by atoms with E-state index in [2.05, 4.69) is 4.98 Å². The van der Waals surface area contributed by atoms with Crippen LogP contribution in [0.5, 0.6) is 0 Å². The van der Waals surface area contributed by atoms with Gasteiger partial charge in [0, 0.05) is 54.2 Å². The van der Waals surface area contributed by atoms with Crippen LogP contribution in [0.4, 0.5) is 0 Å². The highest BCUT2D eigenvalue weighted by Crippen LogP contribution is 2.15. The molecule has 0 bridgehead atoms. The molecule has 0 N–H and O–H groups in total. The molecule has 1 aromatic heterocycles. The van der Waals surface area contributed by atoms with Gasteiger partial charge in [0.2, 0.25) is 0 Å². The third-order valence-corrected chi connectivity index (χ3v) is 4.52. The lowest BCUT2D eigenvalue weighted by atomic mass is 10.2. The van der Waals surface area contributed by atoms with Gasteiger partial charge in [0.1, 0.15) is 0 Å². The van der Waals surface area contributed by atoms with Crippen LogP contribution in [0.1, 0.15) is 32.8 Å². The van der Waals surface area contributed by atoms with Crippen LogP contribution in [0.15, 0.2) is 42.6 Å². The summed E-state index contributed by atoms with van der Waals surface area (Å²) >= 11 is 5.98. The molecule has 130 valence electrons. The monoisotopic (exact) mass is 357 g/mol. The van der Waals surface area contributed by atoms with Crippen LogP contribution in [0.3, 0.4) is 0 Å². The first-order valence-electron chi connectivity index (χ1n) is 8.31. The minimum atomic E-state index is -0.0449. The Balaban J connectivity index is 1.68. The Morgan fingerprint density at radius 1 is 0.960 bits per heavy atom. The average Bonchev–Trinajstić information content (AvgIpc) is 2.86. The molecule has 0 radical (unpaired) electrons. The van der Waals surface area contributed by atoms with Crippen molar-refractivity contribution in [3.63, 3.8) is 0 Å². The van der Waals surface area contributed by atoms with Crippen LogP contribution in [-0.4, -0.2) is 52.8 Å². The Labute approximate surface area is 152 Å². The fourth-order valence-electron chi connectivity index (χ4n) is 2.99. The lowest BCUT2D eigenvalue weighted by molar-refractivity contribution is 0.0718. The number of pyridine rings is 1. The number of benzene rings is 1. The Kier molecular flexibility index (Phi) is 5.34. The number of amides is 2. The van der Waals surface area contributed by atoms with Crippen LogP contribution in [0.2, 0.25) is 5.02 Å². The molecule has 2 heterocycles. The number of aromatic nitrogens is 1. The molecule has 1 aliphatic rings. The molecule has 2 amide bonds. The molecule has 5 nitrogen and oxygen atoms in total. The maximum absolute atomic E-state index is 12.7. The summed E-state index contributed by atoms with van der Waals surface area (Å²) in [6.45, 7) is 4.17. The predicted octanol–water partition coefficient (Wildman–Crippen LogP) is 3.03. The molecule has 6 heteroatoms. The van der Waals surface area contributed by atoms with Gasteiger partial charge in [0.15, 0.2) is 0 Å². The molecule has 0 spiro atoms. The number of rotatable bonds is 2. The zero-order valence-corrected chi connectivity index (χ0v) is 14.9. The van der Waals surface area contributed by atoms with E-state index in [-0.39, 0.29) is 11.8 Å². The summed E-state index contributed by atoms with van der Waals surface area (Å²) in [7, 11) is 0. The van der Waals surface area contributed by atoms with Crippen molar-refractivity contribution in [3.05, 3.63) is 64.4 Å². The first-order chi connectivity index (χ1) is 12.0. The summed E-state index contributed by atoms with van der Waals surface area (Å²) in [5.41, 5.74) is 2.04. The number of hydrogen-bond donors (Lipinski definition) is 0. The highest BCUT2D eigenvalue weighted by Gasteiger charge is 2.23. The first-order valence-corrected chi connectivity index (χ1v) is 8.69. The standard InChI is InChI=1S/C19H20ClN3O2/c1-14-12-16(6-7-21-14)19(25)23-9-3-8-22(10-11-23)18(24)15-4-2-5-17(20)13-15/h2,4-7,12-13H,3,8-11H2,1H3. The SMILES string of the molecule is Cc1cc(C(=O)N2CCCN(C(=O)c3cccc(Cl)c3)CC2)ccn1. The van der Waals surface area contributed by atoms with Crippen molar-refractivity contribution >= 4 is 23.4 Å². The smallest absolute Gasteiger partial charge is 0.254 e. The highest BCUT2D eigenvalue weighted by atomic mass is 35.5. The second kappa shape index (κ2) is 7.66. The van der Waals surface area contributed by atoms with E-state index in [1.165, 1.54) is 0 Å². The molecule has 1 saturated heterocycles. The number of halogens is 1. The molecular formula is C19H20ClN3O2. The van der Waals surface area contributed by atoms with Crippen LogP contribution in [0, 0.1) is 6.92 Å². The van der Waals surface area contributed by atoms with Gasteiger partial charge < -0.3 is 9.80 Å². The summed E-state index contributed by atoms with van der Waals surface area (Å²) in [6, 6.07) is 10.5. The molecule has 0 saturated carbocycles. The lowest BCUT2D eigenvalue weighted by Gasteiger charge is -2.22. The molecule has 1 fully saturated rings. The second-order valence-electron chi connectivity index (χ2n) is 6.13. The average molecular weight is 358 g/mol. The summed E-state index contributed by atoms with van der Waals surface area (Å²) in [5, 5.41) is 0.547. The summed E-state index contributed by atoms with van der Waals surface area (Å²) in [6.07, 6.45) is 2.40. The fraction of sp³-hybridized carbons (Fsp3) is 0.316. The summed E-state index contributed by atoms with van der Waals surface area (Å²) in [5.74, 6) is -0.0564. The Morgan fingerprint density at radius 3 is 2.20 bits per heavy atom. The van der Waals surface area contributed by atoms with E-state index in [0.29, 0.717) is 42.3 Å². The van der Waals surface area contributed by atoms with Gasteiger partial charge in [-0.25, -0.2) is 0 Å². The summed E-state index contributed by atoms with van der Waals surface area (Å²) in [4.78, 5) is 33.0. The third kappa shape index (κ3) is 4.17. The first kappa shape index (κ1) is 17.4. The van der Waals surface area contributed by atoms with Gasteiger partial charge in [0.05, 0.1) is 0 Å². The molecule has 25 heavy (non-hydrogen) atoms. The largest absolute Gasteiger partial charge is 0.337 e. The minimum Gasteiger partial charge on any atom is -0.337 e. The van der Waals surface area contributed by atoms with E-state index in [1.54, 1.807) is 52.4 Å². The molecule has 0 aliphatic carbocycles. The molecule has 3 rings (SSSR count). The van der Waals surface area contributed by atoms with Crippen LogP contribution < -0.4 is 0 Å². The topological polar surface area (TPSA) is 53.5 Å². The van der Waals surface area contributed by atoms with Gasteiger partial charge in [-0.3, -0.25) is 14.6 Å². The minimum absolute atomic E-state index is 0.0115. The van der Waals surface area contributed by atoms with Crippen LogP contribution in [-0.2, 0) is 0 Å². The molecule has 2 aromatic rings. The van der Waals surface area contributed by atoms with Gasteiger partial charge in [-0.2, -0.15) is 0 Å². The second-order valence-corrected chi connectivity index (χ2v) is 6.57. The Bertz CT molecular complexity index is 728. The molecular weight excluding hydrogens is 338 g/mol. The molecule has 1 aromatic carbocycles. The van der Waals surface area contributed by atoms with Crippen molar-refractivity contribution in [2.75, 3.05) is 26.2 Å². The van der Waals surface area contributed by atoms with E-state index < -0.39 is 0 Å². The van der Waals surface area contributed by atoms with E-state index in [4.69, 9.17) is 11.6 Å². The fourth-order valence-corrected chi connectivity index (χ4v) is 3.18.